The van der Waals surface area contributed by atoms with Crippen LogP contribution in [-0.2, 0) is 9.59 Å². The molecular weight excluding hydrogens is 349 g/mol. The monoisotopic (exact) mass is 371 g/mol. The van der Waals surface area contributed by atoms with Gasteiger partial charge in [-0.2, -0.15) is 0 Å². The Morgan fingerprint density at radius 2 is 1.84 bits per heavy atom. The van der Waals surface area contributed by atoms with Crippen molar-refractivity contribution in [1.82, 2.24) is 10.2 Å². The number of aliphatic hydroxyl groups excluding tert-OH is 1. The highest BCUT2D eigenvalue weighted by Gasteiger charge is 2.34. The van der Waals surface area contributed by atoms with Crippen molar-refractivity contribution in [2.45, 2.75) is 31.4 Å². The van der Waals surface area contributed by atoms with Gasteiger partial charge in [0, 0.05) is 31.2 Å². The first-order valence-corrected chi connectivity index (χ1v) is 8.29. The van der Waals surface area contributed by atoms with Crippen LogP contribution >= 0.6 is 12.4 Å². The Bertz CT molecular complexity index is 606. The molecule has 2 fully saturated rings. The van der Waals surface area contributed by atoms with Gasteiger partial charge in [0.05, 0.1) is 12.1 Å². The van der Waals surface area contributed by atoms with Gasteiger partial charge in [0.1, 0.15) is 5.82 Å². The third-order valence-electron chi connectivity index (χ3n) is 4.69. The summed E-state index contributed by atoms with van der Waals surface area (Å²) in [6.07, 6.45) is 1.20. The highest BCUT2D eigenvalue weighted by atomic mass is 35.5. The molecule has 2 heterocycles. The van der Waals surface area contributed by atoms with E-state index >= 15 is 0 Å². The molecule has 138 valence electrons. The number of benzene rings is 1. The van der Waals surface area contributed by atoms with Crippen molar-refractivity contribution in [1.29, 1.82) is 0 Å². The number of aliphatic hydroxyl groups is 1. The molecule has 0 aromatic heterocycles. The molecule has 0 radical (unpaired) electrons. The lowest BCUT2D eigenvalue weighted by Gasteiger charge is -2.33. The van der Waals surface area contributed by atoms with Crippen LogP contribution in [-0.4, -0.2) is 53.6 Å². The molecule has 0 spiro atoms. The van der Waals surface area contributed by atoms with E-state index in [2.05, 4.69) is 10.6 Å². The summed E-state index contributed by atoms with van der Waals surface area (Å²) in [5.74, 6) is -0.584. The van der Waals surface area contributed by atoms with Crippen molar-refractivity contribution in [3.05, 3.63) is 30.1 Å². The quantitative estimate of drug-likeness (QED) is 0.744. The van der Waals surface area contributed by atoms with E-state index in [0.717, 1.165) is 0 Å². The van der Waals surface area contributed by atoms with Crippen molar-refractivity contribution in [3.63, 3.8) is 0 Å². The van der Waals surface area contributed by atoms with E-state index in [9.17, 15) is 19.1 Å². The number of β-amino-alcohol motifs (C(OH)–C–C–N with tert-alkyl or cyclic N) is 1. The molecule has 2 amide bonds. The minimum absolute atomic E-state index is 0. The topological polar surface area (TPSA) is 81.7 Å². The molecule has 2 aliphatic heterocycles. The van der Waals surface area contributed by atoms with Gasteiger partial charge >= 0.3 is 0 Å². The van der Waals surface area contributed by atoms with E-state index < -0.39 is 6.10 Å². The van der Waals surface area contributed by atoms with E-state index in [1.54, 1.807) is 4.90 Å². The standard InChI is InChI=1S/C17H22FN3O3.ClH/c18-12-1-3-13(4-2-12)20-16(23)11-5-7-21(8-6-11)17(24)15-9-14(22)10-19-15;/h1-4,11,14-15,19,22H,5-10H2,(H,20,23);1H. The van der Waals surface area contributed by atoms with Crippen molar-refractivity contribution < 1.29 is 19.1 Å². The molecular formula is C17H23ClFN3O3. The molecule has 0 saturated carbocycles. The Labute approximate surface area is 152 Å². The van der Waals surface area contributed by atoms with Crippen LogP contribution in [0.1, 0.15) is 19.3 Å². The van der Waals surface area contributed by atoms with Crippen molar-refractivity contribution in [2.24, 2.45) is 5.92 Å². The molecule has 2 unspecified atom stereocenters. The number of halogens is 2. The number of likely N-dealkylation sites (tertiary alicyclic amines) is 1. The second kappa shape index (κ2) is 8.60. The van der Waals surface area contributed by atoms with Gasteiger partial charge in [-0.05, 0) is 43.5 Å². The summed E-state index contributed by atoms with van der Waals surface area (Å²) in [5, 5.41) is 15.3. The van der Waals surface area contributed by atoms with Crippen LogP contribution < -0.4 is 10.6 Å². The number of amides is 2. The Morgan fingerprint density at radius 1 is 1.20 bits per heavy atom. The van der Waals surface area contributed by atoms with E-state index in [0.29, 0.717) is 44.6 Å². The van der Waals surface area contributed by atoms with E-state index in [1.807, 2.05) is 0 Å². The summed E-state index contributed by atoms with van der Waals surface area (Å²) in [6, 6.07) is 5.36. The number of carbonyl (C=O) groups is 2. The fourth-order valence-electron chi connectivity index (χ4n) is 3.27. The van der Waals surface area contributed by atoms with Gasteiger partial charge in [-0.25, -0.2) is 4.39 Å². The van der Waals surface area contributed by atoms with E-state index in [-0.39, 0.29) is 42.0 Å². The lowest BCUT2D eigenvalue weighted by molar-refractivity contribution is -0.136. The van der Waals surface area contributed by atoms with Crippen LogP contribution in [0.4, 0.5) is 10.1 Å². The first-order valence-electron chi connectivity index (χ1n) is 8.29. The van der Waals surface area contributed by atoms with Crippen LogP contribution in [0.25, 0.3) is 0 Å². The van der Waals surface area contributed by atoms with Gasteiger partial charge in [-0.15, -0.1) is 12.4 Å². The number of piperidine rings is 1. The fraction of sp³-hybridized carbons (Fsp3) is 0.529. The predicted molar refractivity (Wildman–Crippen MR) is 94.0 cm³/mol. The molecule has 8 heteroatoms. The molecule has 3 rings (SSSR count). The number of hydrogen-bond donors (Lipinski definition) is 3. The zero-order valence-electron chi connectivity index (χ0n) is 13.8. The highest BCUT2D eigenvalue weighted by Crippen LogP contribution is 2.21. The Hall–Kier alpha value is -1.70. The number of carbonyl (C=O) groups excluding carboxylic acids is 2. The molecule has 0 bridgehead atoms. The number of hydrogen-bond acceptors (Lipinski definition) is 4. The van der Waals surface area contributed by atoms with Crippen LogP contribution in [0.15, 0.2) is 24.3 Å². The molecule has 2 atom stereocenters. The van der Waals surface area contributed by atoms with Crippen LogP contribution in [0.2, 0.25) is 0 Å². The zero-order chi connectivity index (χ0) is 17.1. The van der Waals surface area contributed by atoms with Gasteiger partial charge in [0.25, 0.3) is 0 Å². The van der Waals surface area contributed by atoms with Crippen LogP contribution in [0.3, 0.4) is 0 Å². The second-order valence-electron chi connectivity index (χ2n) is 6.45. The van der Waals surface area contributed by atoms with Gasteiger partial charge in [0.2, 0.25) is 11.8 Å². The molecule has 1 aromatic rings. The SMILES string of the molecule is Cl.O=C(Nc1ccc(F)cc1)C1CCN(C(=O)C2CC(O)CN2)CC1. The lowest BCUT2D eigenvalue weighted by atomic mass is 9.95. The average molecular weight is 372 g/mol. The molecule has 2 aliphatic rings. The summed E-state index contributed by atoms with van der Waals surface area (Å²) in [4.78, 5) is 26.4. The molecule has 2 saturated heterocycles. The smallest absolute Gasteiger partial charge is 0.239 e. The van der Waals surface area contributed by atoms with Gasteiger partial charge in [-0.3, -0.25) is 9.59 Å². The Kier molecular flexibility index (Phi) is 6.75. The van der Waals surface area contributed by atoms with Crippen molar-refractivity contribution in [3.8, 4) is 0 Å². The van der Waals surface area contributed by atoms with Gasteiger partial charge in [0.15, 0.2) is 0 Å². The van der Waals surface area contributed by atoms with Crippen molar-refractivity contribution in [2.75, 3.05) is 25.0 Å². The maximum absolute atomic E-state index is 12.9. The molecule has 6 nitrogen and oxygen atoms in total. The summed E-state index contributed by atoms with van der Waals surface area (Å²) in [6.45, 7) is 1.52. The summed E-state index contributed by atoms with van der Waals surface area (Å²) >= 11 is 0. The summed E-state index contributed by atoms with van der Waals surface area (Å²) in [5.41, 5.74) is 0.573. The number of nitrogens with one attached hydrogen (secondary N) is 2. The second-order valence-corrected chi connectivity index (χ2v) is 6.45. The number of rotatable bonds is 3. The highest BCUT2D eigenvalue weighted by molar-refractivity contribution is 5.92. The van der Waals surface area contributed by atoms with Crippen molar-refractivity contribution >= 4 is 29.9 Å². The minimum atomic E-state index is -0.460. The molecule has 25 heavy (non-hydrogen) atoms. The first-order chi connectivity index (χ1) is 11.5. The minimum Gasteiger partial charge on any atom is -0.392 e. The third-order valence-corrected chi connectivity index (χ3v) is 4.69. The normalized spacial score (nSPS) is 23.8. The Morgan fingerprint density at radius 3 is 2.40 bits per heavy atom. The summed E-state index contributed by atoms with van der Waals surface area (Å²) < 4.78 is 12.9. The van der Waals surface area contributed by atoms with Crippen LogP contribution in [0, 0.1) is 11.7 Å². The molecule has 0 aliphatic carbocycles. The van der Waals surface area contributed by atoms with Gasteiger partial charge in [-0.1, -0.05) is 0 Å². The maximum Gasteiger partial charge on any atom is 0.239 e. The molecule has 1 aromatic carbocycles. The average Bonchev–Trinajstić information content (AvgIpc) is 3.03. The third kappa shape index (κ3) is 4.90. The first kappa shape index (κ1) is 19.6. The summed E-state index contributed by atoms with van der Waals surface area (Å²) in [7, 11) is 0. The lowest BCUT2D eigenvalue weighted by Crippen LogP contribution is -2.48. The zero-order valence-corrected chi connectivity index (χ0v) is 14.6. The van der Waals surface area contributed by atoms with E-state index in [4.69, 9.17) is 0 Å². The van der Waals surface area contributed by atoms with Gasteiger partial charge < -0.3 is 20.6 Å². The van der Waals surface area contributed by atoms with E-state index in [1.165, 1.54) is 24.3 Å². The number of nitrogens with zero attached hydrogens (tertiary/aromatic N) is 1. The predicted octanol–water partition coefficient (Wildman–Crippen LogP) is 1.15. The number of anilines is 1. The Balaban J connectivity index is 0.00000225. The fourth-order valence-corrected chi connectivity index (χ4v) is 3.27. The molecule has 3 N–H and O–H groups in total. The largest absolute Gasteiger partial charge is 0.392 e. The maximum atomic E-state index is 12.9. The van der Waals surface area contributed by atoms with Crippen LogP contribution in [0.5, 0.6) is 0 Å².